The molecule has 0 fully saturated rings. The van der Waals surface area contributed by atoms with E-state index in [9.17, 15) is 4.39 Å². The molecule has 0 bridgehead atoms. The average molecular weight is 284 g/mol. The lowest BCUT2D eigenvalue weighted by atomic mass is 10.1. The SMILES string of the molecule is C=CC(C)NC1CCc2c(F)cc(Br)cc21. The van der Waals surface area contributed by atoms with Gasteiger partial charge in [-0.3, -0.25) is 0 Å². The van der Waals surface area contributed by atoms with Crippen molar-refractivity contribution in [1.82, 2.24) is 5.32 Å². The Labute approximate surface area is 104 Å². The van der Waals surface area contributed by atoms with E-state index in [2.05, 4.69) is 34.7 Å². The van der Waals surface area contributed by atoms with Crippen LogP contribution in [0.1, 0.15) is 30.5 Å². The standard InChI is InChI=1S/C13H15BrFN/c1-3-8(2)16-13-5-4-10-11(13)6-9(14)7-12(10)15/h3,6-8,13,16H,1,4-5H2,2H3. The first-order valence-electron chi connectivity index (χ1n) is 5.48. The molecule has 1 aliphatic rings. The summed E-state index contributed by atoms with van der Waals surface area (Å²) < 4.78 is 14.5. The van der Waals surface area contributed by atoms with Crippen LogP contribution in [0.25, 0.3) is 0 Å². The first-order chi connectivity index (χ1) is 7.61. The fourth-order valence-electron chi connectivity index (χ4n) is 2.20. The fourth-order valence-corrected chi connectivity index (χ4v) is 2.65. The van der Waals surface area contributed by atoms with Crippen molar-refractivity contribution in [3.63, 3.8) is 0 Å². The van der Waals surface area contributed by atoms with E-state index >= 15 is 0 Å². The Morgan fingerprint density at radius 1 is 1.62 bits per heavy atom. The van der Waals surface area contributed by atoms with Gasteiger partial charge in [0.15, 0.2) is 0 Å². The first kappa shape index (κ1) is 11.8. The van der Waals surface area contributed by atoms with Crippen LogP contribution in [-0.4, -0.2) is 6.04 Å². The summed E-state index contributed by atoms with van der Waals surface area (Å²) in [6, 6.07) is 4.05. The van der Waals surface area contributed by atoms with Gasteiger partial charge in [-0.05, 0) is 43.0 Å². The number of fused-ring (bicyclic) bond motifs is 1. The summed E-state index contributed by atoms with van der Waals surface area (Å²) in [6.07, 6.45) is 3.64. The van der Waals surface area contributed by atoms with E-state index in [1.165, 1.54) is 6.07 Å². The van der Waals surface area contributed by atoms with Gasteiger partial charge in [0, 0.05) is 16.6 Å². The molecule has 0 aliphatic heterocycles. The highest BCUT2D eigenvalue weighted by Gasteiger charge is 2.25. The molecule has 2 rings (SSSR count). The Hall–Kier alpha value is -0.670. The number of hydrogen-bond donors (Lipinski definition) is 1. The molecule has 2 atom stereocenters. The zero-order valence-electron chi connectivity index (χ0n) is 9.26. The van der Waals surface area contributed by atoms with Crippen LogP contribution in [0.15, 0.2) is 29.3 Å². The molecule has 0 radical (unpaired) electrons. The largest absolute Gasteiger partial charge is 0.304 e. The van der Waals surface area contributed by atoms with Gasteiger partial charge in [0.25, 0.3) is 0 Å². The molecule has 16 heavy (non-hydrogen) atoms. The van der Waals surface area contributed by atoms with E-state index in [1.807, 2.05) is 12.1 Å². The van der Waals surface area contributed by atoms with Crippen molar-refractivity contribution in [3.8, 4) is 0 Å². The van der Waals surface area contributed by atoms with Crippen molar-refractivity contribution >= 4 is 15.9 Å². The number of hydrogen-bond acceptors (Lipinski definition) is 1. The lowest BCUT2D eigenvalue weighted by Crippen LogP contribution is -2.27. The van der Waals surface area contributed by atoms with E-state index < -0.39 is 0 Å². The lowest BCUT2D eigenvalue weighted by Gasteiger charge is -2.17. The minimum atomic E-state index is -0.0973. The van der Waals surface area contributed by atoms with Crippen LogP contribution in [0.4, 0.5) is 4.39 Å². The summed E-state index contributed by atoms with van der Waals surface area (Å²) in [5, 5.41) is 3.43. The minimum absolute atomic E-state index is 0.0973. The maximum Gasteiger partial charge on any atom is 0.127 e. The highest BCUT2D eigenvalue weighted by atomic mass is 79.9. The Kier molecular flexibility index (Phi) is 3.45. The van der Waals surface area contributed by atoms with Gasteiger partial charge in [0.1, 0.15) is 5.82 Å². The van der Waals surface area contributed by atoms with Gasteiger partial charge < -0.3 is 5.32 Å². The molecule has 1 aromatic rings. The van der Waals surface area contributed by atoms with E-state index in [0.29, 0.717) is 0 Å². The highest BCUT2D eigenvalue weighted by Crippen LogP contribution is 2.35. The van der Waals surface area contributed by atoms with Crippen molar-refractivity contribution in [2.24, 2.45) is 0 Å². The van der Waals surface area contributed by atoms with Gasteiger partial charge in [-0.15, -0.1) is 6.58 Å². The van der Waals surface area contributed by atoms with Crippen molar-refractivity contribution in [2.45, 2.75) is 31.8 Å². The third-order valence-electron chi connectivity index (χ3n) is 3.07. The summed E-state index contributed by atoms with van der Waals surface area (Å²) in [6.45, 7) is 5.80. The predicted molar refractivity (Wildman–Crippen MR) is 68.0 cm³/mol. The second kappa shape index (κ2) is 4.68. The molecular weight excluding hydrogens is 269 g/mol. The number of halogens is 2. The molecule has 0 aromatic heterocycles. The van der Waals surface area contributed by atoms with Gasteiger partial charge in [0.2, 0.25) is 0 Å². The third-order valence-corrected chi connectivity index (χ3v) is 3.53. The minimum Gasteiger partial charge on any atom is -0.304 e. The monoisotopic (exact) mass is 283 g/mol. The first-order valence-corrected chi connectivity index (χ1v) is 6.27. The van der Waals surface area contributed by atoms with Gasteiger partial charge in [-0.25, -0.2) is 4.39 Å². The summed E-state index contributed by atoms with van der Waals surface area (Å²) in [5.74, 6) is -0.0973. The predicted octanol–water partition coefficient (Wildman–Crippen LogP) is 3.74. The molecule has 86 valence electrons. The molecule has 0 spiro atoms. The van der Waals surface area contributed by atoms with Crippen LogP contribution in [-0.2, 0) is 6.42 Å². The molecule has 0 amide bonds. The van der Waals surface area contributed by atoms with Crippen molar-refractivity contribution in [2.75, 3.05) is 0 Å². The molecule has 0 saturated carbocycles. The number of nitrogens with one attached hydrogen (secondary N) is 1. The molecule has 1 aliphatic carbocycles. The highest BCUT2D eigenvalue weighted by molar-refractivity contribution is 9.10. The quantitative estimate of drug-likeness (QED) is 0.834. The Morgan fingerprint density at radius 3 is 3.06 bits per heavy atom. The van der Waals surface area contributed by atoms with E-state index in [0.717, 1.165) is 28.4 Å². The normalized spacial score (nSPS) is 20.6. The molecule has 1 aromatic carbocycles. The molecule has 2 unspecified atom stereocenters. The third kappa shape index (κ3) is 2.20. The summed E-state index contributed by atoms with van der Waals surface area (Å²) in [4.78, 5) is 0. The summed E-state index contributed by atoms with van der Waals surface area (Å²) in [7, 11) is 0. The summed E-state index contributed by atoms with van der Waals surface area (Å²) >= 11 is 3.34. The van der Waals surface area contributed by atoms with Gasteiger partial charge in [0.05, 0.1) is 0 Å². The van der Waals surface area contributed by atoms with E-state index in [-0.39, 0.29) is 17.9 Å². The maximum absolute atomic E-state index is 13.7. The van der Waals surface area contributed by atoms with Crippen molar-refractivity contribution < 1.29 is 4.39 Å². The van der Waals surface area contributed by atoms with Crippen LogP contribution in [0.5, 0.6) is 0 Å². The fraction of sp³-hybridized carbons (Fsp3) is 0.385. The van der Waals surface area contributed by atoms with Crippen molar-refractivity contribution in [1.29, 1.82) is 0 Å². The average Bonchev–Trinajstić information content (AvgIpc) is 2.61. The molecule has 0 heterocycles. The van der Waals surface area contributed by atoms with Gasteiger partial charge >= 0.3 is 0 Å². The van der Waals surface area contributed by atoms with E-state index in [1.54, 1.807) is 0 Å². The Morgan fingerprint density at radius 2 is 2.38 bits per heavy atom. The smallest absolute Gasteiger partial charge is 0.127 e. The molecule has 1 nitrogen and oxygen atoms in total. The molecule has 3 heteroatoms. The second-order valence-electron chi connectivity index (χ2n) is 4.24. The zero-order valence-corrected chi connectivity index (χ0v) is 10.8. The van der Waals surface area contributed by atoms with E-state index in [4.69, 9.17) is 0 Å². The Bertz CT molecular complexity index is 417. The zero-order chi connectivity index (χ0) is 11.7. The molecule has 1 N–H and O–H groups in total. The number of benzene rings is 1. The topological polar surface area (TPSA) is 12.0 Å². The second-order valence-corrected chi connectivity index (χ2v) is 5.15. The van der Waals surface area contributed by atoms with Gasteiger partial charge in [-0.2, -0.15) is 0 Å². The van der Waals surface area contributed by atoms with Crippen LogP contribution in [0.2, 0.25) is 0 Å². The van der Waals surface area contributed by atoms with Crippen LogP contribution in [0.3, 0.4) is 0 Å². The van der Waals surface area contributed by atoms with Gasteiger partial charge in [-0.1, -0.05) is 22.0 Å². The van der Waals surface area contributed by atoms with Crippen LogP contribution < -0.4 is 5.32 Å². The molecule has 0 saturated heterocycles. The summed E-state index contributed by atoms with van der Waals surface area (Å²) in [5.41, 5.74) is 1.94. The molecular formula is C13H15BrFN. The lowest BCUT2D eigenvalue weighted by molar-refractivity contribution is 0.500. The van der Waals surface area contributed by atoms with Crippen LogP contribution >= 0.6 is 15.9 Å². The number of rotatable bonds is 3. The van der Waals surface area contributed by atoms with Crippen molar-refractivity contribution in [3.05, 3.63) is 46.2 Å². The van der Waals surface area contributed by atoms with Crippen LogP contribution in [0, 0.1) is 5.82 Å². The maximum atomic E-state index is 13.7. The Balaban J connectivity index is 2.28.